The van der Waals surface area contributed by atoms with Gasteiger partial charge in [-0.1, -0.05) is 12.1 Å². The Morgan fingerprint density at radius 2 is 2.03 bits per heavy atom. The molecule has 3 aromatic rings. The second-order valence-electron chi connectivity index (χ2n) is 7.38. The minimum atomic E-state index is -0.0789. The van der Waals surface area contributed by atoms with Crippen molar-refractivity contribution in [3.63, 3.8) is 0 Å². The number of amides is 1. The van der Waals surface area contributed by atoms with E-state index in [2.05, 4.69) is 19.8 Å². The lowest BCUT2D eigenvalue weighted by atomic mass is 10.1. The number of benzene rings is 1. The van der Waals surface area contributed by atoms with Gasteiger partial charge in [-0.15, -0.1) is 0 Å². The standard InChI is InChI=1S/C21H24N6OS/c1-22-20(28)16-7-5-15(6-8-16)13-25(2)14-26-21(29)27(18-9-10-18)19(24-26)17-4-3-11-23-12-17/h3-8,11-12,18H,9-10,13-14H2,1-2H3,(H,22,28). The molecule has 1 saturated carbocycles. The van der Waals surface area contributed by atoms with Crippen LogP contribution in [-0.2, 0) is 13.2 Å². The van der Waals surface area contributed by atoms with Crippen molar-refractivity contribution in [2.75, 3.05) is 14.1 Å². The van der Waals surface area contributed by atoms with Gasteiger partial charge in [0.2, 0.25) is 0 Å². The number of rotatable bonds is 7. The average molecular weight is 409 g/mol. The molecule has 7 nitrogen and oxygen atoms in total. The smallest absolute Gasteiger partial charge is 0.251 e. The van der Waals surface area contributed by atoms with Gasteiger partial charge in [-0.05, 0) is 61.9 Å². The zero-order chi connectivity index (χ0) is 20.4. The summed E-state index contributed by atoms with van der Waals surface area (Å²) in [6.07, 6.45) is 5.87. The summed E-state index contributed by atoms with van der Waals surface area (Å²) in [5.74, 6) is 0.804. The minimum absolute atomic E-state index is 0.0789. The van der Waals surface area contributed by atoms with Gasteiger partial charge in [0, 0.05) is 43.2 Å². The predicted octanol–water partition coefficient (Wildman–Crippen LogP) is 3.26. The first-order chi connectivity index (χ1) is 14.1. The Kier molecular flexibility index (Phi) is 5.55. The van der Waals surface area contributed by atoms with Crippen LogP contribution in [0.25, 0.3) is 11.4 Å². The molecule has 1 aliphatic rings. The van der Waals surface area contributed by atoms with Crippen molar-refractivity contribution in [2.24, 2.45) is 0 Å². The number of carbonyl (C=O) groups excluding carboxylic acids is 1. The maximum Gasteiger partial charge on any atom is 0.251 e. The first-order valence-corrected chi connectivity index (χ1v) is 10.1. The van der Waals surface area contributed by atoms with E-state index in [-0.39, 0.29) is 5.91 Å². The molecule has 29 heavy (non-hydrogen) atoms. The molecule has 0 radical (unpaired) electrons. The number of nitrogens with one attached hydrogen (secondary N) is 1. The molecule has 0 atom stereocenters. The Balaban J connectivity index is 1.52. The molecule has 1 N–H and O–H groups in total. The van der Waals surface area contributed by atoms with Crippen LogP contribution in [0.3, 0.4) is 0 Å². The normalized spacial score (nSPS) is 13.6. The number of aromatic nitrogens is 4. The zero-order valence-electron chi connectivity index (χ0n) is 16.6. The predicted molar refractivity (Wildman–Crippen MR) is 114 cm³/mol. The summed E-state index contributed by atoms with van der Waals surface area (Å²) in [4.78, 5) is 18.1. The molecule has 1 aromatic carbocycles. The number of hydrogen-bond donors (Lipinski definition) is 1. The van der Waals surface area contributed by atoms with E-state index in [9.17, 15) is 4.79 Å². The van der Waals surface area contributed by atoms with Crippen LogP contribution in [0.2, 0.25) is 0 Å². The van der Waals surface area contributed by atoms with Crippen LogP contribution in [0, 0.1) is 4.77 Å². The van der Waals surface area contributed by atoms with Crippen LogP contribution >= 0.6 is 12.2 Å². The van der Waals surface area contributed by atoms with E-state index >= 15 is 0 Å². The number of hydrogen-bond acceptors (Lipinski definition) is 5. The molecule has 0 bridgehead atoms. The highest BCUT2D eigenvalue weighted by Gasteiger charge is 2.29. The largest absolute Gasteiger partial charge is 0.355 e. The monoisotopic (exact) mass is 408 g/mol. The van der Waals surface area contributed by atoms with Gasteiger partial charge >= 0.3 is 0 Å². The lowest BCUT2D eigenvalue weighted by molar-refractivity contribution is 0.0963. The summed E-state index contributed by atoms with van der Waals surface area (Å²) < 4.78 is 4.79. The molecule has 0 aliphatic heterocycles. The minimum Gasteiger partial charge on any atom is -0.355 e. The van der Waals surface area contributed by atoms with Gasteiger partial charge in [-0.2, -0.15) is 5.10 Å². The average Bonchev–Trinajstić information content (AvgIpc) is 3.53. The van der Waals surface area contributed by atoms with Gasteiger partial charge in [0.05, 0.1) is 6.67 Å². The second-order valence-corrected chi connectivity index (χ2v) is 7.75. The SMILES string of the molecule is CNC(=O)c1ccc(CN(C)Cn2nc(-c3cccnc3)n(C3CC3)c2=S)cc1. The molecule has 0 unspecified atom stereocenters. The highest BCUT2D eigenvalue weighted by molar-refractivity contribution is 7.71. The Bertz CT molecular complexity index is 1050. The maximum absolute atomic E-state index is 11.7. The van der Waals surface area contributed by atoms with Crippen molar-refractivity contribution in [3.8, 4) is 11.4 Å². The third kappa shape index (κ3) is 4.28. The molecule has 2 heterocycles. The first-order valence-electron chi connectivity index (χ1n) is 9.66. The van der Waals surface area contributed by atoms with Crippen molar-refractivity contribution in [1.82, 2.24) is 29.5 Å². The van der Waals surface area contributed by atoms with Crippen molar-refractivity contribution < 1.29 is 4.79 Å². The number of carbonyl (C=O) groups is 1. The van der Waals surface area contributed by atoms with E-state index in [1.807, 2.05) is 54.3 Å². The summed E-state index contributed by atoms with van der Waals surface area (Å²) in [5, 5.41) is 7.45. The highest BCUT2D eigenvalue weighted by atomic mass is 32.1. The Labute approximate surface area is 175 Å². The third-order valence-corrected chi connectivity index (χ3v) is 5.38. The van der Waals surface area contributed by atoms with E-state index in [1.165, 1.54) is 0 Å². The zero-order valence-corrected chi connectivity index (χ0v) is 17.4. The molecule has 1 amide bonds. The lowest BCUT2D eigenvalue weighted by Gasteiger charge is -2.16. The molecule has 1 fully saturated rings. The van der Waals surface area contributed by atoms with Crippen molar-refractivity contribution >= 4 is 18.1 Å². The van der Waals surface area contributed by atoms with Crippen molar-refractivity contribution in [3.05, 3.63) is 64.7 Å². The van der Waals surface area contributed by atoms with Crippen molar-refractivity contribution in [2.45, 2.75) is 32.1 Å². The summed E-state index contributed by atoms with van der Waals surface area (Å²) in [6, 6.07) is 12.0. The van der Waals surface area contributed by atoms with Crippen molar-refractivity contribution in [1.29, 1.82) is 0 Å². The fourth-order valence-electron chi connectivity index (χ4n) is 3.36. The third-order valence-electron chi connectivity index (χ3n) is 4.97. The van der Waals surface area contributed by atoms with Crippen LogP contribution in [0.5, 0.6) is 0 Å². The summed E-state index contributed by atoms with van der Waals surface area (Å²) in [5.41, 5.74) is 2.77. The van der Waals surface area contributed by atoms with E-state index in [0.717, 1.165) is 41.1 Å². The van der Waals surface area contributed by atoms with E-state index in [1.54, 1.807) is 13.2 Å². The molecule has 150 valence electrons. The van der Waals surface area contributed by atoms with Crippen LogP contribution in [0.15, 0.2) is 48.8 Å². The van der Waals surface area contributed by atoms with E-state index < -0.39 is 0 Å². The van der Waals surface area contributed by atoms with E-state index in [0.29, 0.717) is 18.3 Å². The fraction of sp³-hybridized carbons (Fsp3) is 0.333. The summed E-state index contributed by atoms with van der Waals surface area (Å²) in [6.45, 7) is 1.32. The Hall–Kier alpha value is -2.84. The van der Waals surface area contributed by atoms with Gasteiger partial charge in [-0.3, -0.25) is 19.2 Å². The quantitative estimate of drug-likeness (QED) is 0.608. The molecular formula is C21H24N6OS. The lowest BCUT2D eigenvalue weighted by Crippen LogP contribution is -2.23. The Morgan fingerprint density at radius 1 is 1.28 bits per heavy atom. The second kappa shape index (κ2) is 8.26. The summed E-state index contributed by atoms with van der Waals surface area (Å²) >= 11 is 5.74. The number of nitrogens with zero attached hydrogens (tertiary/aromatic N) is 5. The first kappa shape index (κ1) is 19.5. The van der Waals surface area contributed by atoms with Gasteiger partial charge in [-0.25, -0.2) is 4.68 Å². The van der Waals surface area contributed by atoms with Crippen LogP contribution in [0.1, 0.15) is 34.8 Å². The van der Waals surface area contributed by atoms with Gasteiger partial charge < -0.3 is 5.32 Å². The van der Waals surface area contributed by atoms with Gasteiger partial charge in [0.1, 0.15) is 0 Å². The number of pyridine rings is 1. The molecule has 8 heteroatoms. The van der Waals surface area contributed by atoms with Crippen LogP contribution in [-0.4, -0.2) is 44.2 Å². The highest BCUT2D eigenvalue weighted by Crippen LogP contribution is 2.38. The van der Waals surface area contributed by atoms with Gasteiger partial charge in [0.15, 0.2) is 10.6 Å². The molecule has 0 spiro atoms. The van der Waals surface area contributed by atoms with Crippen LogP contribution < -0.4 is 5.32 Å². The fourth-order valence-corrected chi connectivity index (χ4v) is 3.70. The molecular weight excluding hydrogens is 384 g/mol. The molecule has 2 aromatic heterocycles. The Morgan fingerprint density at radius 3 is 2.66 bits per heavy atom. The van der Waals surface area contributed by atoms with Crippen LogP contribution in [0.4, 0.5) is 0 Å². The summed E-state index contributed by atoms with van der Waals surface area (Å²) in [7, 11) is 3.67. The maximum atomic E-state index is 11.7. The molecule has 4 rings (SSSR count). The van der Waals surface area contributed by atoms with E-state index in [4.69, 9.17) is 17.3 Å². The molecule has 0 saturated heterocycles. The van der Waals surface area contributed by atoms with Gasteiger partial charge in [0.25, 0.3) is 5.91 Å². The topological polar surface area (TPSA) is 68.0 Å². The molecule has 1 aliphatic carbocycles.